The highest BCUT2D eigenvalue weighted by molar-refractivity contribution is 5.76. The second-order valence-corrected chi connectivity index (χ2v) is 5.83. The van der Waals surface area contributed by atoms with Crippen LogP contribution in [0.5, 0.6) is 0 Å². The zero-order chi connectivity index (χ0) is 13.8. The SMILES string of the molecule is O=C(CCN1CCC2(CC1)OCCO2)N1CCNCC1. The van der Waals surface area contributed by atoms with E-state index in [9.17, 15) is 4.79 Å². The molecule has 3 rings (SSSR count). The van der Waals surface area contributed by atoms with Gasteiger partial charge in [-0.3, -0.25) is 4.79 Å². The van der Waals surface area contributed by atoms with Crippen LogP contribution >= 0.6 is 0 Å². The monoisotopic (exact) mass is 283 g/mol. The fourth-order valence-corrected chi connectivity index (χ4v) is 3.23. The van der Waals surface area contributed by atoms with Gasteiger partial charge in [0, 0.05) is 65.1 Å². The molecule has 114 valence electrons. The second-order valence-electron chi connectivity index (χ2n) is 5.83. The van der Waals surface area contributed by atoms with Gasteiger partial charge in [0.05, 0.1) is 13.2 Å². The summed E-state index contributed by atoms with van der Waals surface area (Å²) in [5.74, 6) is -0.0147. The molecule has 1 spiro atoms. The number of nitrogens with zero attached hydrogens (tertiary/aromatic N) is 2. The van der Waals surface area contributed by atoms with Crippen LogP contribution in [0, 0.1) is 0 Å². The third kappa shape index (κ3) is 3.31. The van der Waals surface area contributed by atoms with E-state index >= 15 is 0 Å². The summed E-state index contributed by atoms with van der Waals surface area (Å²) >= 11 is 0. The third-order valence-electron chi connectivity index (χ3n) is 4.54. The van der Waals surface area contributed by atoms with Crippen LogP contribution < -0.4 is 5.32 Å². The Morgan fingerprint density at radius 1 is 1.05 bits per heavy atom. The lowest BCUT2D eigenvalue weighted by Crippen LogP contribution is -2.48. The molecule has 0 bridgehead atoms. The van der Waals surface area contributed by atoms with Gasteiger partial charge in [0.2, 0.25) is 5.91 Å². The topological polar surface area (TPSA) is 54.0 Å². The van der Waals surface area contributed by atoms with Gasteiger partial charge in [-0.1, -0.05) is 0 Å². The lowest BCUT2D eigenvalue weighted by molar-refractivity contribution is -0.185. The Morgan fingerprint density at radius 3 is 2.35 bits per heavy atom. The average Bonchev–Trinajstić information content (AvgIpc) is 2.96. The van der Waals surface area contributed by atoms with Crippen LogP contribution in [0.3, 0.4) is 0 Å². The van der Waals surface area contributed by atoms with Crippen LogP contribution in [0.25, 0.3) is 0 Å². The number of ether oxygens (including phenoxy) is 2. The summed E-state index contributed by atoms with van der Waals surface area (Å²) in [7, 11) is 0. The van der Waals surface area contributed by atoms with Crippen molar-refractivity contribution in [1.29, 1.82) is 0 Å². The predicted octanol–water partition coefficient (Wildman–Crippen LogP) is -0.353. The maximum absolute atomic E-state index is 12.1. The van der Waals surface area contributed by atoms with Gasteiger partial charge in [0.15, 0.2) is 5.79 Å². The highest BCUT2D eigenvalue weighted by Gasteiger charge is 2.39. The van der Waals surface area contributed by atoms with Crippen LogP contribution in [0.1, 0.15) is 19.3 Å². The van der Waals surface area contributed by atoms with Gasteiger partial charge in [-0.25, -0.2) is 0 Å². The highest BCUT2D eigenvalue weighted by Crippen LogP contribution is 2.31. The Balaban J connectivity index is 1.38. The number of likely N-dealkylation sites (tertiary alicyclic amines) is 1. The van der Waals surface area contributed by atoms with E-state index in [0.717, 1.165) is 71.9 Å². The summed E-state index contributed by atoms with van der Waals surface area (Å²) in [6, 6.07) is 0. The molecule has 1 amide bonds. The van der Waals surface area contributed by atoms with Crippen molar-refractivity contribution in [3.63, 3.8) is 0 Å². The van der Waals surface area contributed by atoms with Crippen LogP contribution in [-0.4, -0.2) is 80.5 Å². The molecule has 3 saturated heterocycles. The van der Waals surface area contributed by atoms with Crippen molar-refractivity contribution in [2.24, 2.45) is 0 Å². The molecule has 6 nitrogen and oxygen atoms in total. The molecular formula is C14H25N3O3. The number of carbonyl (C=O) groups is 1. The molecule has 0 aromatic heterocycles. The van der Waals surface area contributed by atoms with E-state index in [1.54, 1.807) is 0 Å². The van der Waals surface area contributed by atoms with Crippen molar-refractivity contribution in [3.05, 3.63) is 0 Å². The van der Waals surface area contributed by atoms with E-state index in [0.29, 0.717) is 12.3 Å². The smallest absolute Gasteiger partial charge is 0.223 e. The van der Waals surface area contributed by atoms with Gasteiger partial charge in [-0.2, -0.15) is 0 Å². The van der Waals surface area contributed by atoms with E-state index in [-0.39, 0.29) is 5.79 Å². The molecule has 0 radical (unpaired) electrons. The van der Waals surface area contributed by atoms with Crippen molar-refractivity contribution in [1.82, 2.24) is 15.1 Å². The molecule has 0 aromatic rings. The van der Waals surface area contributed by atoms with Crippen molar-refractivity contribution in [3.8, 4) is 0 Å². The van der Waals surface area contributed by atoms with E-state index < -0.39 is 0 Å². The first kappa shape index (κ1) is 14.3. The van der Waals surface area contributed by atoms with Crippen LogP contribution in [0.2, 0.25) is 0 Å². The lowest BCUT2D eigenvalue weighted by Gasteiger charge is -2.37. The first-order valence-electron chi connectivity index (χ1n) is 7.76. The largest absolute Gasteiger partial charge is 0.347 e. The summed E-state index contributed by atoms with van der Waals surface area (Å²) < 4.78 is 11.4. The maximum Gasteiger partial charge on any atom is 0.223 e. The highest BCUT2D eigenvalue weighted by atomic mass is 16.7. The summed E-state index contributed by atoms with van der Waals surface area (Å²) in [6.45, 7) is 7.79. The van der Waals surface area contributed by atoms with Crippen LogP contribution in [0.15, 0.2) is 0 Å². The van der Waals surface area contributed by atoms with E-state index in [4.69, 9.17) is 9.47 Å². The Kier molecular flexibility index (Phi) is 4.55. The lowest BCUT2D eigenvalue weighted by atomic mass is 10.0. The number of rotatable bonds is 3. The molecule has 3 aliphatic rings. The molecule has 3 aliphatic heterocycles. The van der Waals surface area contributed by atoms with E-state index in [1.807, 2.05) is 4.90 Å². The van der Waals surface area contributed by atoms with Gasteiger partial charge < -0.3 is 24.6 Å². The molecule has 0 aromatic carbocycles. The fraction of sp³-hybridized carbons (Fsp3) is 0.929. The zero-order valence-corrected chi connectivity index (χ0v) is 12.1. The number of piperazine rings is 1. The molecule has 0 atom stereocenters. The minimum Gasteiger partial charge on any atom is -0.347 e. The quantitative estimate of drug-likeness (QED) is 0.767. The first-order chi connectivity index (χ1) is 9.77. The molecule has 3 heterocycles. The number of piperidine rings is 1. The standard InChI is InChI=1S/C14H25N3O3/c18-13(17-9-4-15-5-10-17)1-6-16-7-2-14(3-8-16)19-11-12-20-14/h15H,1-12H2. The summed E-state index contributed by atoms with van der Waals surface area (Å²) in [6.07, 6.45) is 2.48. The molecule has 20 heavy (non-hydrogen) atoms. The molecule has 1 N–H and O–H groups in total. The van der Waals surface area contributed by atoms with Gasteiger partial charge >= 0.3 is 0 Å². The van der Waals surface area contributed by atoms with E-state index in [1.165, 1.54) is 0 Å². The van der Waals surface area contributed by atoms with Crippen LogP contribution in [0.4, 0.5) is 0 Å². The summed E-state index contributed by atoms with van der Waals surface area (Å²) in [4.78, 5) is 16.4. The van der Waals surface area contributed by atoms with Crippen molar-refractivity contribution < 1.29 is 14.3 Å². The minimum atomic E-state index is -0.306. The Labute approximate surface area is 120 Å². The Hall–Kier alpha value is -0.690. The van der Waals surface area contributed by atoms with Gasteiger partial charge in [-0.05, 0) is 0 Å². The van der Waals surface area contributed by atoms with E-state index in [2.05, 4.69) is 10.2 Å². The number of hydrogen-bond donors (Lipinski definition) is 1. The van der Waals surface area contributed by atoms with Crippen molar-refractivity contribution in [2.45, 2.75) is 25.0 Å². The minimum absolute atomic E-state index is 0.292. The van der Waals surface area contributed by atoms with Crippen LogP contribution in [-0.2, 0) is 14.3 Å². The fourth-order valence-electron chi connectivity index (χ4n) is 3.23. The number of nitrogens with one attached hydrogen (secondary N) is 1. The average molecular weight is 283 g/mol. The molecule has 0 aliphatic carbocycles. The Bertz CT molecular complexity index is 329. The molecule has 0 saturated carbocycles. The second kappa shape index (κ2) is 6.39. The Morgan fingerprint density at radius 2 is 1.70 bits per heavy atom. The molecule has 3 fully saturated rings. The van der Waals surface area contributed by atoms with Gasteiger partial charge in [0.25, 0.3) is 0 Å². The number of amides is 1. The predicted molar refractivity (Wildman–Crippen MR) is 74.4 cm³/mol. The molecule has 0 unspecified atom stereocenters. The first-order valence-corrected chi connectivity index (χ1v) is 7.76. The zero-order valence-electron chi connectivity index (χ0n) is 12.1. The molecular weight excluding hydrogens is 258 g/mol. The summed E-state index contributed by atoms with van der Waals surface area (Å²) in [5, 5.41) is 3.27. The number of hydrogen-bond acceptors (Lipinski definition) is 5. The normalized spacial score (nSPS) is 27.1. The maximum atomic E-state index is 12.1. The van der Waals surface area contributed by atoms with Crippen molar-refractivity contribution in [2.75, 3.05) is 59.0 Å². The third-order valence-corrected chi connectivity index (χ3v) is 4.54. The summed E-state index contributed by atoms with van der Waals surface area (Å²) in [5.41, 5.74) is 0. The van der Waals surface area contributed by atoms with Crippen molar-refractivity contribution >= 4 is 5.91 Å². The number of carbonyl (C=O) groups excluding carboxylic acids is 1. The molecule has 6 heteroatoms. The van der Waals surface area contributed by atoms with Gasteiger partial charge in [-0.15, -0.1) is 0 Å². The van der Waals surface area contributed by atoms with Gasteiger partial charge in [0.1, 0.15) is 0 Å².